The van der Waals surface area contributed by atoms with Crippen molar-refractivity contribution in [2.45, 2.75) is 18.6 Å². The van der Waals surface area contributed by atoms with Gasteiger partial charge in [-0.3, -0.25) is 0 Å². The van der Waals surface area contributed by atoms with Crippen molar-refractivity contribution in [1.82, 2.24) is 4.98 Å². The first-order valence-electron chi connectivity index (χ1n) is 7.76. The van der Waals surface area contributed by atoms with E-state index in [-0.39, 0.29) is 10.8 Å². The standard InChI is InChI=1S/C19H15NO4S/c1-13-6-4-7-14-15(13)12-23-16-8-5-9-17(19(14)16)24-25(21,22)18-10-2-3-11-20-18/h2-11H,12H2,1H3. The van der Waals surface area contributed by atoms with E-state index < -0.39 is 10.1 Å². The van der Waals surface area contributed by atoms with Gasteiger partial charge in [-0.25, -0.2) is 4.98 Å². The zero-order chi connectivity index (χ0) is 17.4. The molecular formula is C19H15NO4S. The number of aryl methyl sites for hydroxylation is 1. The Kier molecular flexibility index (Phi) is 3.69. The minimum atomic E-state index is -4.03. The fourth-order valence-corrected chi connectivity index (χ4v) is 3.80. The van der Waals surface area contributed by atoms with Crippen LogP contribution in [0.25, 0.3) is 11.1 Å². The fourth-order valence-electron chi connectivity index (χ4n) is 2.90. The molecule has 6 heteroatoms. The minimum Gasteiger partial charge on any atom is -0.488 e. The molecule has 0 saturated heterocycles. The average Bonchev–Trinajstić information content (AvgIpc) is 2.62. The fraction of sp³-hybridized carbons (Fsp3) is 0.105. The van der Waals surface area contributed by atoms with Crippen molar-refractivity contribution in [3.05, 3.63) is 71.9 Å². The van der Waals surface area contributed by atoms with Crippen LogP contribution in [0.3, 0.4) is 0 Å². The Balaban J connectivity index is 1.84. The molecular weight excluding hydrogens is 338 g/mol. The van der Waals surface area contributed by atoms with Gasteiger partial charge in [0, 0.05) is 11.8 Å². The highest BCUT2D eigenvalue weighted by atomic mass is 32.2. The van der Waals surface area contributed by atoms with Gasteiger partial charge in [-0.2, -0.15) is 8.42 Å². The lowest BCUT2D eigenvalue weighted by Crippen LogP contribution is -2.14. The second-order valence-electron chi connectivity index (χ2n) is 5.72. The molecule has 0 aliphatic carbocycles. The Morgan fingerprint density at radius 1 is 1.04 bits per heavy atom. The number of benzene rings is 2. The van der Waals surface area contributed by atoms with E-state index in [2.05, 4.69) is 4.98 Å². The summed E-state index contributed by atoms with van der Waals surface area (Å²) < 4.78 is 36.3. The van der Waals surface area contributed by atoms with Crippen molar-refractivity contribution in [2.75, 3.05) is 0 Å². The smallest absolute Gasteiger partial charge is 0.356 e. The van der Waals surface area contributed by atoms with Crippen molar-refractivity contribution in [3.8, 4) is 22.6 Å². The van der Waals surface area contributed by atoms with Gasteiger partial charge in [0.25, 0.3) is 0 Å². The van der Waals surface area contributed by atoms with Crippen LogP contribution in [0.15, 0.2) is 65.8 Å². The molecule has 2 heterocycles. The molecule has 5 nitrogen and oxygen atoms in total. The van der Waals surface area contributed by atoms with E-state index in [1.54, 1.807) is 30.3 Å². The van der Waals surface area contributed by atoms with Crippen LogP contribution in [0.2, 0.25) is 0 Å². The van der Waals surface area contributed by atoms with Gasteiger partial charge in [-0.1, -0.05) is 30.3 Å². The number of aromatic nitrogens is 1. The van der Waals surface area contributed by atoms with Gasteiger partial charge in [0.05, 0.1) is 5.56 Å². The molecule has 0 N–H and O–H groups in total. The number of nitrogens with zero attached hydrogens (tertiary/aromatic N) is 1. The van der Waals surface area contributed by atoms with Crippen LogP contribution in [0.5, 0.6) is 11.5 Å². The summed E-state index contributed by atoms with van der Waals surface area (Å²) >= 11 is 0. The van der Waals surface area contributed by atoms with Crippen LogP contribution in [0.1, 0.15) is 11.1 Å². The normalized spacial score (nSPS) is 12.7. The summed E-state index contributed by atoms with van der Waals surface area (Å²) in [5.41, 5.74) is 3.69. The maximum Gasteiger partial charge on any atom is 0.356 e. The molecule has 2 aromatic carbocycles. The van der Waals surface area contributed by atoms with Gasteiger partial charge in [0.2, 0.25) is 0 Å². The van der Waals surface area contributed by atoms with Crippen molar-refractivity contribution < 1.29 is 17.3 Å². The average molecular weight is 353 g/mol. The summed E-state index contributed by atoms with van der Waals surface area (Å²) in [7, 11) is -4.03. The lowest BCUT2D eigenvalue weighted by atomic mass is 9.93. The first-order valence-corrected chi connectivity index (χ1v) is 9.17. The molecule has 1 aliphatic rings. The van der Waals surface area contributed by atoms with Crippen LogP contribution in [-0.2, 0) is 16.7 Å². The van der Waals surface area contributed by atoms with Crippen LogP contribution < -0.4 is 8.92 Å². The van der Waals surface area contributed by atoms with Crippen LogP contribution >= 0.6 is 0 Å². The second kappa shape index (κ2) is 5.89. The van der Waals surface area contributed by atoms with Gasteiger partial charge in [0.15, 0.2) is 10.8 Å². The number of hydrogen-bond donors (Lipinski definition) is 0. The molecule has 0 amide bonds. The zero-order valence-corrected chi connectivity index (χ0v) is 14.3. The zero-order valence-electron chi connectivity index (χ0n) is 13.5. The SMILES string of the molecule is Cc1cccc2c1COc1cccc(OS(=O)(=O)c3ccccn3)c1-2. The first-order chi connectivity index (χ1) is 12.1. The van der Waals surface area contributed by atoms with Crippen molar-refractivity contribution in [1.29, 1.82) is 0 Å². The molecule has 0 spiro atoms. The van der Waals surface area contributed by atoms with E-state index >= 15 is 0 Å². The Bertz CT molecular complexity index is 1050. The maximum atomic E-state index is 12.5. The Hall–Kier alpha value is -2.86. The van der Waals surface area contributed by atoms with E-state index in [0.717, 1.165) is 16.7 Å². The third-order valence-corrected chi connectivity index (χ3v) is 5.29. The molecule has 25 heavy (non-hydrogen) atoms. The van der Waals surface area contributed by atoms with E-state index in [9.17, 15) is 8.42 Å². The molecule has 3 aromatic rings. The first kappa shape index (κ1) is 15.7. The third-order valence-electron chi connectivity index (χ3n) is 4.13. The van der Waals surface area contributed by atoms with Crippen molar-refractivity contribution in [2.24, 2.45) is 0 Å². The number of ether oxygens (including phenoxy) is 1. The molecule has 0 radical (unpaired) electrons. The molecule has 0 fully saturated rings. The molecule has 0 unspecified atom stereocenters. The van der Waals surface area contributed by atoms with Gasteiger partial charge in [-0.05, 0) is 42.3 Å². The van der Waals surface area contributed by atoms with E-state index in [4.69, 9.17) is 8.92 Å². The molecule has 0 bridgehead atoms. The molecule has 1 aliphatic heterocycles. The quantitative estimate of drug-likeness (QED) is 0.672. The lowest BCUT2D eigenvalue weighted by molar-refractivity contribution is 0.300. The summed E-state index contributed by atoms with van der Waals surface area (Å²) in [6.45, 7) is 2.45. The van der Waals surface area contributed by atoms with Crippen LogP contribution in [0.4, 0.5) is 0 Å². The van der Waals surface area contributed by atoms with E-state index in [1.807, 2.05) is 25.1 Å². The Morgan fingerprint density at radius 3 is 2.68 bits per heavy atom. The Labute approximate surface area is 146 Å². The highest BCUT2D eigenvalue weighted by Crippen LogP contribution is 2.45. The van der Waals surface area contributed by atoms with Gasteiger partial charge < -0.3 is 8.92 Å². The second-order valence-corrected chi connectivity index (χ2v) is 7.22. The highest BCUT2D eigenvalue weighted by molar-refractivity contribution is 7.87. The molecule has 4 rings (SSSR count). The number of hydrogen-bond acceptors (Lipinski definition) is 5. The minimum absolute atomic E-state index is 0.131. The summed E-state index contributed by atoms with van der Waals surface area (Å²) in [5, 5.41) is -0.131. The topological polar surface area (TPSA) is 65.5 Å². The summed E-state index contributed by atoms with van der Waals surface area (Å²) in [6.07, 6.45) is 1.42. The predicted octanol–water partition coefficient (Wildman–Crippen LogP) is 3.72. The number of rotatable bonds is 3. The van der Waals surface area contributed by atoms with Crippen LogP contribution in [-0.4, -0.2) is 13.4 Å². The molecule has 126 valence electrons. The van der Waals surface area contributed by atoms with Gasteiger partial charge >= 0.3 is 10.1 Å². The Morgan fingerprint density at radius 2 is 1.88 bits per heavy atom. The molecule has 1 aromatic heterocycles. The third kappa shape index (κ3) is 2.74. The van der Waals surface area contributed by atoms with Gasteiger partial charge in [-0.15, -0.1) is 0 Å². The monoisotopic (exact) mass is 353 g/mol. The van der Waals surface area contributed by atoms with E-state index in [0.29, 0.717) is 17.9 Å². The molecule has 0 atom stereocenters. The maximum absolute atomic E-state index is 12.5. The van der Waals surface area contributed by atoms with Gasteiger partial charge in [0.1, 0.15) is 12.4 Å². The number of fused-ring (bicyclic) bond motifs is 3. The lowest BCUT2D eigenvalue weighted by Gasteiger charge is -2.24. The van der Waals surface area contributed by atoms with Crippen molar-refractivity contribution in [3.63, 3.8) is 0 Å². The molecule has 0 saturated carbocycles. The summed E-state index contributed by atoms with van der Waals surface area (Å²) in [6, 6.07) is 15.7. The summed E-state index contributed by atoms with van der Waals surface area (Å²) in [5.74, 6) is 0.835. The largest absolute Gasteiger partial charge is 0.488 e. The number of pyridine rings is 1. The predicted molar refractivity (Wildman–Crippen MR) is 93.0 cm³/mol. The van der Waals surface area contributed by atoms with Crippen LogP contribution in [0, 0.1) is 6.92 Å². The van der Waals surface area contributed by atoms with E-state index in [1.165, 1.54) is 12.3 Å². The highest BCUT2D eigenvalue weighted by Gasteiger charge is 2.26. The van der Waals surface area contributed by atoms with Crippen molar-refractivity contribution >= 4 is 10.1 Å². The summed E-state index contributed by atoms with van der Waals surface area (Å²) in [4.78, 5) is 3.87.